The highest BCUT2D eigenvalue weighted by Gasteiger charge is 2.36. The van der Waals surface area contributed by atoms with Crippen LogP contribution in [0, 0.1) is 0 Å². The molecule has 18 heavy (non-hydrogen) atoms. The van der Waals surface area contributed by atoms with E-state index in [0.717, 1.165) is 5.56 Å². The second kappa shape index (κ2) is 5.80. The Morgan fingerprint density at radius 2 is 2.11 bits per heavy atom. The average Bonchev–Trinajstić information content (AvgIpc) is 2.71. The van der Waals surface area contributed by atoms with E-state index in [1.165, 1.54) is 0 Å². The summed E-state index contributed by atoms with van der Waals surface area (Å²) in [5.74, 6) is -0.606. The van der Waals surface area contributed by atoms with Crippen LogP contribution in [-0.2, 0) is 20.8 Å². The zero-order valence-corrected chi connectivity index (χ0v) is 10.8. The SMILES string of the molecule is CC1(C)OC[C@H]([C@@H](O)COCc2ccccc2)O1. The number of benzene rings is 1. The lowest BCUT2D eigenvalue weighted by Gasteiger charge is -2.20. The van der Waals surface area contributed by atoms with Gasteiger partial charge in [0.1, 0.15) is 12.2 Å². The van der Waals surface area contributed by atoms with E-state index in [-0.39, 0.29) is 12.7 Å². The summed E-state index contributed by atoms with van der Waals surface area (Å²) < 4.78 is 16.4. The first-order valence-corrected chi connectivity index (χ1v) is 6.18. The van der Waals surface area contributed by atoms with Crippen molar-refractivity contribution >= 4 is 0 Å². The maximum atomic E-state index is 9.93. The molecule has 0 spiro atoms. The third-order valence-electron chi connectivity index (χ3n) is 2.86. The molecule has 2 rings (SSSR count). The molecule has 1 fully saturated rings. The molecule has 1 aliphatic heterocycles. The van der Waals surface area contributed by atoms with Gasteiger partial charge in [-0.15, -0.1) is 0 Å². The minimum Gasteiger partial charge on any atom is -0.388 e. The van der Waals surface area contributed by atoms with Crippen molar-refractivity contribution in [1.82, 2.24) is 0 Å². The van der Waals surface area contributed by atoms with Crippen molar-refractivity contribution in [2.45, 2.75) is 38.4 Å². The first-order chi connectivity index (χ1) is 8.57. The van der Waals surface area contributed by atoms with Crippen molar-refractivity contribution in [3.63, 3.8) is 0 Å². The fourth-order valence-corrected chi connectivity index (χ4v) is 1.88. The van der Waals surface area contributed by atoms with Crippen LogP contribution in [-0.4, -0.2) is 36.3 Å². The van der Waals surface area contributed by atoms with Gasteiger partial charge >= 0.3 is 0 Å². The summed E-state index contributed by atoms with van der Waals surface area (Å²) in [6.07, 6.45) is -0.966. The quantitative estimate of drug-likeness (QED) is 0.866. The van der Waals surface area contributed by atoms with Crippen LogP contribution < -0.4 is 0 Å². The maximum absolute atomic E-state index is 9.93. The van der Waals surface area contributed by atoms with Crippen molar-refractivity contribution in [3.8, 4) is 0 Å². The van der Waals surface area contributed by atoms with E-state index in [1.54, 1.807) is 0 Å². The van der Waals surface area contributed by atoms with Crippen molar-refractivity contribution in [2.24, 2.45) is 0 Å². The molecule has 1 aromatic rings. The summed E-state index contributed by atoms with van der Waals surface area (Å²) >= 11 is 0. The zero-order valence-electron chi connectivity index (χ0n) is 10.8. The molecular formula is C14H20O4. The molecule has 1 aromatic carbocycles. The van der Waals surface area contributed by atoms with Crippen LogP contribution in [0.5, 0.6) is 0 Å². The molecule has 0 unspecified atom stereocenters. The zero-order chi connectivity index (χ0) is 13.0. The molecule has 1 heterocycles. The highest BCUT2D eigenvalue weighted by Crippen LogP contribution is 2.24. The third kappa shape index (κ3) is 3.78. The van der Waals surface area contributed by atoms with E-state index in [2.05, 4.69) is 0 Å². The largest absolute Gasteiger partial charge is 0.388 e. The number of rotatable bonds is 5. The lowest BCUT2D eigenvalue weighted by atomic mass is 10.2. The van der Waals surface area contributed by atoms with Crippen LogP contribution in [0.4, 0.5) is 0 Å². The van der Waals surface area contributed by atoms with Gasteiger partial charge in [0.2, 0.25) is 0 Å². The molecular weight excluding hydrogens is 232 g/mol. The van der Waals surface area contributed by atoms with E-state index in [0.29, 0.717) is 13.2 Å². The van der Waals surface area contributed by atoms with Gasteiger partial charge in [-0.3, -0.25) is 0 Å². The van der Waals surface area contributed by atoms with Crippen LogP contribution in [0.3, 0.4) is 0 Å². The second-order valence-corrected chi connectivity index (χ2v) is 4.94. The lowest BCUT2D eigenvalue weighted by Crippen LogP contribution is -2.34. The van der Waals surface area contributed by atoms with Crippen LogP contribution in [0.25, 0.3) is 0 Å². The van der Waals surface area contributed by atoms with Gasteiger partial charge in [-0.05, 0) is 19.4 Å². The van der Waals surface area contributed by atoms with Crippen LogP contribution >= 0.6 is 0 Å². The van der Waals surface area contributed by atoms with Gasteiger partial charge in [-0.1, -0.05) is 30.3 Å². The Bertz CT molecular complexity index is 363. The van der Waals surface area contributed by atoms with Gasteiger partial charge in [-0.2, -0.15) is 0 Å². The van der Waals surface area contributed by atoms with Crippen molar-refractivity contribution < 1.29 is 19.3 Å². The maximum Gasteiger partial charge on any atom is 0.163 e. The summed E-state index contributed by atoms with van der Waals surface area (Å²) in [6.45, 7) is 4.83. The molecule has 1 N–H and O–H groups in total. The van der Waals surface area contributed by atoms with E-state index >= 15 is 0 Å². The fraction of sp³-hybridized carbons (Fsp3) is 0.571. The Morgan fingerprint density at radius 1 is 1.39 bits per heavy atom. The first-order valence-electron chi connectivity index (χ1n) is 6.18. The molecule has 100 valence electrons. The molecule has 0 saturated carbocycles. The van der Waals surface area contributed by atoms with Gasteiger partial charge in [0.25, 0.3) is 0 Å². The average molecular weight is 252 g/mol. The summed E-state index contributed by atoms with van der Waals surface area (Å²) in [6, 6.07) is 9.87. The molecule has 0 radical (unpaired) electrons. The molecule has 2 atom stereocenters. The Morgan fingerprint density at radius 3 is 2.72 bits per heavy atom. The number of hydrogen-bond donors (Lipinski definition) is 1. The van der Waals surface area contributed by atoms with E-state index in [4.69, 9.17) is 14.2 Å². The van der Waals surface area contributed by atoms with E-state index in [9.17, 15) is 5.11 Å². The first kappa shape index (κ1) is 13.5. The van der Waals surface area contributed by atoms with Crippen LogP contribution in [0.1, 0.15) is 19.4 Å². The molecule has 1 aliphatic rings. The van der Waals surface area contributed by atoms with Crippen molar-refractivity contribution in [3.05, 3.63) is 35.9 Å². The van der Waals surface area contributed by atoms with E-state index in [1.807, 2.05) is 44.2 Å². The Hall–Kier alpha value is -0.940. The Balaban J connectivity index is 1.71. The number of ether oxygens (including phenoxy) is 3. The minimum absolute atomic E-state index is 0.249. The molecule has 0 amide bonds. The van der Waals surface area contributed by atoms with Gasteiger partial charge in [0.15, 0.2) is 5.79 Å². The molecule has 0 bridgehead atoms. The van der Waals surface area contributed by atoms with Crippen molar-refractivity contribution in [1.29, 1.82) is 0 Å². The highest BCUT2D eigenvalue weighted by atomic mass is 16.7. The third-order valence-corrected chi connectivity index (χ3v) is 2.86. The summed E-state index contributed by atoms with van der Waals surface area (Å²) in [4.78, 5) is 0. The molecule has 4 heteroatoms. The number of hydrogen-bond acceptors (Lipinski definition) is 4. The summed E-state index contributed by atoms with van der Waals surface area (Å²) in [5, 5.41) is 9.93. The summed E-state index contributed by atoms with van der Waals surface area (Å²) in [7, 11) is 0. The molecule has 0 aromatic heterocycles. The van der Waals surface area contributed by atoms with E-state index < -0.39 is 11.9 Å². The normalized spacial score (nSPS) is 24.1. The monoisotopic (exact) mass is 252 g/mol. The molecule has 1 saturated heterocycles. The Labute approximate surface area is 107 Å². The summed E-state index contributed by atoms with van der Waals surface area (Å²) in [5.41, 5.74) is 1.09. The van der Waals surface area contributed by atoms with Gasteiger partial charge in [0.05, 0.1) is 19.8 Å². The lowest BCUT2D eigenvalue weighted by molar-refractivity contribution is -0.156. The highest BCUT2D eigenvalue weighted by molar-refractivity contribution is 5.13. The topological polar surface area (TPSA) is 47.9 Å². The van der Waals surface area contributed by atoms with Gasteiger partial charge in [0, 0.05) is 0 Å². The molecule has 4 nitrogen and oxygen atoms in total. The Kier molecular flexibility index (Phi) is 4.35. The standard InChI is InChI=1S/C14H20O4/c1-14(2)17-10-13(18-14)12(15)9-16-8-11-6-4-3-5-7-11/h3-7,12-13,15H,8-10H2,1-2H3/t12-,13+/m0/s1. The van der Waals surface area contributed by atoms with Gasteiger partial charge in [-0.25, -0.2) is 0 Å². The van der Waals surface area contributed by atoms with Gasteiger partial charge < -0.3 is 19.3 Å². The fourth-order valence-electron chi connectivity index (χ4n) is 1.88. The second-order valence-electron chi connectivity index (χ2n) is 4.94. The predicted molar refractivity (Wildman–Crippen MR) is 67.0 cm³/mol. The predicted octanol–water partition coefficient (Wildman–Crippen LogP) is 1.72. The van der Waals surface area contributed by atoms with Crippen LogP contribution in [0.15, 0.2) is 30.3 Å². The van der Waals surface area contributed by atoms with Crippen molar-refractivity contribution in [2.75, 3.05) is 13.2 Å². The van der Waals surface area contributed by atoms with Crippen LogP contribution in [0.2, 0.25) is 0 Å². The smallest absolute Gasteiger partial charge is 0.163 e. The molecule has 0 aliphatic carbocycles. The number of aliphatic hydroxyl groups is 1. The number of aliphatic hydroxyl groups excluding tert-OH is 1. The minimum atomic E-state index is -0.657.